The molecular weight excluding hydrogens is 254 g/mol. The Morgan fingerprint density at radius 3 is 2.81 bits per heavy atom. The summed E-state index contributed by atoms with van der Waals surface area (Å²) in [6.07, 6.45) is 0.679. The van der Waals surface area contributed by atoms with Gasteiger partial charge in [-0.05, 0) is 36.6 Å². The highest BCUT2D eigenvalue weighted by Crippen LogP contribution is 2.36. The fourth-order valence-electron chi connectivity index (χ4n) is 0.871. The molecule has 1 rings (SSSR count). The molecule has 0 aliphatic heterocycles. The predicted molar refractivity (Wildman–Crippen MR) is 59.1 cm³/mol. The third-order valence-electron chi connectivity index (χ3n) is 1.83. The number of hydrogen-bond donors (Lipinski definition) is 0. The zero-order valence-corrected chi connectivity index (χ0v) is 10.4. The third-order valence-corrected chi connectivity index (χ3v) is 3.56. The van der Waals surface area contributed by atoms with Crippen molar-refractivity contribution in [3.05, 3.63) is 5.56 Å². The Bertz CT molecular complexity index is 389. The summed E-state index contributed by atoms with van der Waals surface area (Å²) < 4.78 is 33.8. The maximum absolute atomic E-state index is 12.2. The van der Waals surface area contributed by atoms with Gasteiger partial charge in [0.05, 0.1) is 6.10 Å². The lowest BCUT2D eigenvalue weighted by Gasteiger charge is -2.09. The summed E-state index contributed by atoms with van der Waals surface area (Å²) in [6, 6.07) is 1.85. The summed E-state index contributed by atoms with van der Waals surface area (Å²) in [5, 5.41) is 8.87. The Morgan fingerprint density at radius 1 is 1.62 bits per heavy atom. The number of rotatable bonds is 5. The van der Waals surface area contributed by atoms with E-state index in [4.69, 9.17) is 10.00 Å². The molecule has 3 nitrogen and oxygen atoms in total. The van der Waals surface area contributed by atoms with Crippen molar-refractivity contribution in [2.75, 3.05) is 0 Å². The van der Waals surface area contributed by atoms with Crippen LogP contribution in [0.1, 0.15) is 25.8 Å². The van der Waals surface area contributed by atoms with Crippen molar-refractivity contribution in [3.8, 4) is 11.9 Å². The molecule has 0 saturated heterocycles. The molecule has 0 N–H and O–H groups in total. The first-order valence-corrected chi connectivity index (χ1v) is 6.25. The van der Waals surface area contributed by atoms with E-state index < -0.39 is 5.76 Å². The SMILES string of the molecule is CCC(C)Oc1nsc(SC(F)F)c1C#N. The summed E-state index contributed by atoms with van der Waals surface area (Å²) in [7, 11) is 0. The van der Waals surface area contributed by atoms with E-state index >= 15 is 0 Å². The van der Waals surface area contributed by atoms with Crippen molar-refractivity contribution >= 4 is 23.3 Å². The maximum atomic E-state index is 12.2. The summed E-state index contributed by atoms with van der Waals surface area (Å²) in [4.78, 5) is 0. The van der Waals surface area contributed by atoms with E-state index in [1.54, 1.807) is 0 Å². The molecular formula is C9H10F2N2OS2. The predicted octanol–water partition coefficient (Wildman–Crippen LogP) is 3.51. The highest BCUT2D eigenvalue weighted by molar-refractivity contribution is 8.01. The van der Waals surface area contributed by atoms with Gasteiger partial charge in [0.15, 0.2) is 0 Å². The smallest absolute Gasteiger partial charge is 0.289 e. The van der Waals surface area contributed by atoms with Crippen LogP contribution in [0.3, 0.4) is 0 Å². The Morgan fingerprint density at radius 2 is 2.31 bits per heavy atom. The van der Waals surface area contributed by atoms with Gasteiger partial charge in [0, 0.05) is 0 Å². The van der Waals surface area contributed by atoms with Crippen LogP contribution in [0.25, 0.3) is 0 Å². The van der Waals surface area contributed by atoms with Crippen molar-refractivity contribution in [2.24, 2.45) is 0 Å². The molecule has 0 spiro atoms. The second-order valence-corrected chi connectivity index (χ2v) is 5.01. The van der Waals surface area contributed by atoms with Gasteiger partial charge in [0.1, 0.15) is 15.8 Å². The zero-order valence-electron chi connectivity index (χ0n) is 8.74. The average Bonchev–Trinajstić information content (AvgIpc) is 2.59. The van der Waals surface area contributed by atoms with Gasteiger partial charge in [-0.3, -0.25) is 0 Å². The molecule has 0 radical (unpaired) electrons. The molecule has 1 heterocycles. The highest BCUT2D eigenvalue weighted by Gasteiger charge is 2.20. The van der Waals surface area contributed by atoms with E-state index in [1.165, 1.54) is 0 Å². The molecule has 0 bridgehead atoms. The van der Waals surface area contributed by atoms with Gasteiger partial charge in [-0.25, -0.2) is 0 Å². The number of aromatic nitrogens is 1. The molecule has 1 aromatic rings. The number of hydrogen-bond acceptors (Lipinski definition) is 5. The molecule has 7 heteroatoms. The monoisotopic (exact) mass is 264 g/mol. The fourth-order valence-corrected chi connectivity index (χ4v) is 2.31. The molecule has 88 valence electrons. The van der Waals surface area contributed by atoms with Crippen molar-refractivity contribution in [3.63, 3.8) is 0 Å². The molecule has 1 unspecified atom stereocenters. The molecule has 0 aromatic carbocycles. The Kier molecular flexibility index (Phi) is 4.96. The Hall–Kier alpha value is -0.870. The first-order chi connectivity index (χ1) is 7.58. The topological polar surface area (TPSA) is 45.9 Å². The standard InChI is InChI=1S/C9H10F2N2OS2/c1-3-5(2)14-7-6(4-12)8(16-13-7)15-9(10)11/h5,9H,3H2,1-2H3. The van der Waals surface area contributed by atoms with Gasteiger partial charge >= 0.3 is 0 Å². The van der Waals surface area contributed by atoms with Crippen molar-refractivity contribution in [1.82, 2.24) is 4.37 Å². The van der Waals surface area contributed by atoms with Crippen molar-refractivity contribution in [2.45, 2.75) is 36.3 Å². The first-order valence-electron chi connectivity index (χ1n) is 4.59. The van der Waals surface area contributed by atoms with Crippen LogP contribution in [0.15, 0.2) is 4.21 Å². The van der Waals surface area contributed by atoms with Crippen molar-refractivity contribution in [1.29, 1.82) is 5.26 Å². The third kappa shape index (κ3) is 3.32. The second kappa shape index (κ2) is 6.01. The number of alkyl halides is 2. The van der Waals surface area contributed by atoms with Gasteiger partial charge in [0.2, 0.25) is 5.88 Å². The summed E-state index contributed by atoms with van der Waals surface area (Å²) in [5.74, 6) is -2.39. The largest absolute Gasteiger partial charge is 0.473 e. The van der Waals surface area contributed by atoms with Crippen LogP contribution in [0.5, 0.6) is 5.88 Å². The minimum absolute atomic E-state index is 0.0846. The second-order valence-electron chi connectivity index (χ2n) is 2.98. The van der Waals surface area contributed by atoms with Crippen LogP contribution in [0.2, 0.25) is 0 Å². The highest BCUT2D eigenvalue weighted by atomic mass is 32.2. The molecule has 0 saturated carbocycles. The fraction of sp³-hybridized carbons (Fsp3) is 0.556. The van der Waals surface area contributed by atoms with E-state index in [2.05, 4.69) is 4.37 Å². The van der Waals surface area contributed by atoms with Gasteiger partial charge in [-0.15, -0.1) is 0 Å². The summed E-state index contributed by atoms with van der Waals surface area (Å²) in [5.41, 5.74) is 0.107. The number of thioether (sulfide) groups is 1. The van der Waals surface area contributed by atoms with Gasteiger partial charge < -0.3 is 4.74 Å². The first kappa shape index (κ1) is 13.2. The van der Waals surface area contributed by atoms with E-state index in [1.807, 2.05) is 19.9 Å². The number of ether oxygens (including phenoxy) is 1. The van der Waals surface area contributed by atoms with Crippen LogP contribution in [0.4, 0.5) is 8.78 Å². The number of halogens is 2. The lowest BCUT2D eigenvalue weighted by molar-refractivity contribution is 0.210. The van der Waals surface area contributed by atoms with Crippen LogP contribution in [0, 0.1) is 11.3 Å². The molecule has 1 aromatic heterocycles. The Labute approximate surface area is 101 Å². The molecule has 0 amide bonds. The normalized spacial score (nSPS) is 12.5. The molecule has 16 heavy (non-hydrogen) atoms. The number of nitriles is 1. The van der Waals surface area contributed by atoms with Gasteiger partial charge in [-0.1, -0.05) is 6.92 Å². The van der Waals surface area contributed by atoms with Crippen molar-refractivity contribution < 1.29 is 13.5 Å². The van der Waals surface area contributed by atoms with Crippen LogP contribution in [-0.2, 0) is 0 Å². The summed E-state index contributed by atoms with van der Waals surface area (Å²) >= 11 is 1.19. The van der Waals surface area contributed by atoms with E-state index in [0.717, 1.165) is 18.0 Å². The van der Waals surface area contributed by atoms with E-state index in [0.29, 0.717) is 11.8 Å². The minimum atomic E-state index is -2.55. The zero-order chi connectivity index (χ0) is 12.1. The van der Waals surface area contributed by atoms with Crippen LogP contribution >= 0.6 is 23.3 Å². The lowest BCUT2D eigenvalue weighted by Crippen LogP contribution is -2.10. The van der Waals surface area contributed by atoms with Gasteiger partial charge in [-0.2, -0.15) is 18.4 Å². The summed E-state index contributed by atoms with van der Waals surface area (Å²) in [6.45, 7) is 3.76. The maximum Gasteiger partial charge on any atom is 0.289 e. The molecule has 0 aliphatic rings. The average molecular weight is 264 g/mol. The molecule has 0 aliphatic carbocycles. The lowest BCUT2D eigenvalue weighted by atomic mass is 10.3. The van der Waals surface area contributed by atoms with Crippen LogP contribution < -0.4 is 4.74 Å². The van der Waals surface area contributed by atoms with E-state index in [9.17, 15) is 8.78 Å². The van der Waals surface area contributed by atoms with E-state index in [-0.39, 0.29) is 21.8 Å². The van der Waals surface area contributed by atoms with Crippen LogP contribution in [-0.4, -0.2) is 16.2 Å². The molecule has 0 fully saturated rings. The quantitative estimate of drug-likeness (QED) is 0.763. The number of nitrogens with zero attached hydrogens (tertiary/aromatic N) is 2. The minimum Gasteiger partial charge on any atom is -0.473 e. The Balaban J connectivity index is 2.87. The molecule has 1 atom stereocenters. The van der Waals surface area contributed by atoms with Gasteiger partial charge in [0.25, 0.3) is 5.76 Å².